The topological polar surface area (TPSA) is 18.5 Å². The second kappa shape index (κ2) is 7.89. The van der Waals surface area contributed by atoms with E-state index in [1.165, 1.54) is 23.3 Å². The Morgan fingerprint density at radius 3 is 2.48 bits per heavy atom. The fraction of sp³-hybridized carbons (Fsp3) is 0.316. The summed E-state index contributed by atoms with van der Waals surface area (Å²) in [6.45, 7) is 6.39. The van der Waals surface area contributed by atoms with E-state index in [1.54, 1.807) is 0 Å². The number of nitrogens with one attached hydrogen (secondary N) is 1. The van der Waals surface area contributed by atoms with Gasteiger partial charge in [-0.1, -0.05) is 24.3 Å². The number of piperazine rings is 1. The van der Waals surface area contributed by atoms with Crippen LogP contribution in [0.25, 0.3) is 0 Å². The molecule has 0 aromatic heterocycles. The first-order chi connectivity index (χ1) is 12.0. The Bertz CT molecular complexity index is 758. The highest BCUT2D eigenvalue weighted by Crippen LogP contribution is 2.17. The average Bonchev–Trinajstić information content (AvgIpc) is 2.60. The molecule has 1 aliphatic heterocycles. The summed E-state index contributed by atoms with van der Waals surface area (Å²) in [5.74, 6) is -1.24. The van der Waals surface area contributed by atoms with Crippen LogP contribution in [0.15, 0.2) is 42.5 Å². The zero-order valence-corrected chi connectivity index (χ0v) is 15.0. The molecule has 1 saturated heterocycles. The van der Waals surface area contributed by atoms with Crippen LogP contribution >= 0.6 is 12.2 Å². The summed E-state index contributed by atoms with van der Waals surface area (Å²) < 4.78 is 26.7. The van der Waals surface area contributed by atoms with Gasteiger partial charge in [-0.2, -0.15) is 0 Å². The smallest absolute Gasteiger partial charge is 0.173 e. The van der Waals surface area contributed by atoms with Crippen LogP contribution < -0.4 is 5.32 Å². The summed E-state index contributed by atoms with van der Waals surface area (Å²) >= 11 is 5.37. The molecule has 0 aliphatic carbocycles. The molecule has 0 bridgehead atoms. The first-order valence-corrected chi connectivity index (χ1v) is 8.71. The predicted molar refractivity (Wildman–Crippen MR) is 101 cm³/mol. The molecule has 1 N–H and O–H groups in total. The van der Waals surface area contributed by atoms with Crippen LogP contribution in [-0.2, 0) is 6.54 Å². The van der Waals surface area contributed by atoms with Crippen LogP contribution in [0.5, 0.6) is 0 Å². The number of hydrogen-bond donors (Lipinski definition) is 1. The molecule has 1 fully saturated rings. The van der Waals surface area contributed by atoms with Crippen LogP contribution in [0.2, 0.25) is 0 Å². The summed E-state index contributed by atoms with van der Waals surface area (Å²) in [5, 5.41) is 3.35. The van der Waals surface area contributed by atoms with E-state index in [4.69, 9.17) is 12.2 Å². The van der Waals surface area contributed by atoms with E-state index in [0.717, 1.165) is 38.8 Å². The number of hydrogen-bond acceptors (Lipinski definition) is 2. The van der Waals surface area contributed by atoms with E-state index in [-0.39, 0.29) is 5.69 Å². The van der Waals surface area contributed by atoms with Crippen molar-refractivity contribution < 1.29 is 8.78 Å². The third kappa shape index (κ3) is 4.52. The Kier molecular flexibility index (Phi) is 5.60. The summed E-state index contributed by atoms with van der Waals surface area (Å²) in [4.78, 5) is 4.41. The van der Waals surface area contributed by atoms with Gasteiger partial charge in [0.05, 0.1) is 5.69 Å². The van der Waals surface area contributed by atoms with Gasteiger partial charge in [0, 0.05) is 38.8 Å². The van der Waals surface area contributed by atoms with E-state index in [1.807, 2.05) is 4.90 Å². The third-order valence-corrected chi connectivity index (χ3v) is 4.85. The minimum Gasteiger partial charge on any atom is -0.346 e. The Labute approximate surface area is 152 Å². The van der Waals surface area contributed by atoms with Crippen molar-refractivity contribution in [1.82, 2.24) is 9.80 Å². The maximum atomic E-state index is 13.7. The lowest BCUT2D eigenvalue weighted by atomic mass is 10.1. The van der Waals surface area contributed by atoms with Crippen molar-refractivity contribution in [3.05, 3.63) is 65.2 Å². The molecule has 1 heterocycles. The molecule has 25 heavy (non-hydrogen) atoms. The maximum absolute atomic E-state index is 13.7. The molecule has 6 heteroatoms. The minimum absolute atomic E-state index is 0.203. The van der Waals surface area contributed by atoms with Gasteiger partial charge in [0.15, 0.2) is 5.11 Å². The van der Waals surface area contributed by atoms with E-state index in [9.17, 15) is 8.78 Å². The Morgan fingerprint density at radius 1 is 1.08 bits per heavy atom. The molecule has 0 atom stereocenters. The number of benzene rings is 2. The van der Waals surface area contributed by atoms with Gasteiger partial charge in [-0.3, -0.25) is 4.90 Å². The highest BCUT2D eigenvalue weighted by atomic mass is 32.1. The Hall–Kier alpha value is -2.05. The average molecular weight is 361 g/mol. The normalized spacial score (nSPS) is 15.2. The lowest BCUT2D eigenvalue weighted by Gasteiger charge is -2.36. The number of halogens is 2. The first kappa shape index (κ1) is 17.8. The van der Waals surface area contributed by atoms with E-state index in [2.05, 4.69) is 41.4 Å². The summed E-state index contributed by atoms with van der Waals surface area (Å²) in [5.41, 5.74) is 2.84. The van der Waals surface area contributed by atoms with Crippen molar-refractivity contribution in [2.24, 2.45) is 0 Å². The second-order valence-electron chi connectivity index (χ2n) is 6.24. The monoisotopic (exact) mass is 361 g/mol. The third-order valence-electron chi connectivity index (χ3n) is 4.49. The maximum Gasteiger partial charge on any atom is 0.173 e. The standard InChI is InChI=1S/C19H21F2N3S/c1-14-4-2-3-5-15(14)13-23-8-10-24(11-9-23)19(25)22-18-7-6-16(20)12-17(18)21/h2-7,12H,8-11,13H2,1H3,(H,22,25). The van der Waals surface area contributed by atoms with Crippen molar-refractivity contribution in [3.63, 3.8) is 0 Å². The molecule has 0 saturated carbocycles. The molecular weight excluding hydrogens is 340 g/mol. The molecule has 1 aliphatic rings. The SMILES string of the molecule is Cc1ccccc1CN1CCN(C(=S)Nc2ccc(F)cc2F)CC1. The van der Waals surface area contributed by atoms with Crippen LogP contribution in [0.3, 0.4) is 0 Å². The summed E-state index contributed by atoms with van der Waals surface area (Å²) in [6, 6.07) is 11.8. The van der Waals surface area contributed by atoms with Gasteiger partial charge >= 0.3 is 0 Å². The zero-order chi connectivity index (χ0) is 17.8. The van der Waals surface area contributed by atoms with Crippen LogP contribution in [-0.4, -0.2) is 41.1 Å². The molecule has 2 aromatic rings. The van der Waals surface area contributed by atoms with Gasteiger partial charge in [-0.25, -0.2) is 8.78 Å². The molecule has 2 aromatic carbocycles. The van der Waals surface area contributed by atoms with Gasteiger partial charge < -0.3 is 10.2 Å². The molecule has 0 amide bonds. The van der Waals surface area contributed by atoms with Gasteiger partial charge in [0.2, 0.25) is 0 Å². The van der Waals surface area contributed by atoms with Gasteiger partial charge in [-0.05, 0) is 42.4 Å². The van der Waals surface area contributed by atoms with E-state index < -0.39 is 11.6 Å². The largest absolute Gasteiger partial charge is 0.346 e. The van der Waals surface area contributed by atoms with Gasteiger partial charge in [-0.15, -0.1) is 0 Å². The number of thiocarbonyl (C=S) groups is 1. The first-order valence-electron chi connectivity index (χ1n) is 8.31. The number of nitrogens with zero attached hydrogens (tertiary/aromatic N) is 2. The van der Waals surface area contributed by atoms with Crippen LogP contribution in [0.4, 0.5) is 14.5 Å². The fourth-order valence-corrected chi connectivity index (χ4v) is 3.22. The summed E-state index contributed by atoms with van der Waals surface area (Å²) in [6.07, 6.45) is 0. The molecule has 132 valence electrons. The lowest BCUT2D eigenvalue weighted by molar-refractivity contribution is 0.176. The quantitative estimate of drug-likeness (QED) is 0.838. The molecule has 0 spiro atoms. The molecule has 0 radical (unpaired) electrons. The van der Waals surface area contributed by atoms with Crippen molar-refractivity contribution in [2.75, 3.05) is 31.5 Å². The predicted octanol–water partition coefficient (Wildman–Crippen LogP) is 3.79. The van der Waals surface area contributed by atoms with Crippen molar-refractivity contribution in [3.8, 4) is 0 Å². The fourth-order valence-electron chi connectivity index (χ4n) is 2.92. The highest BCUT2D eigenvalue weighted by molar-refractivity contribution is 7.80. The van der Waals surface area contributed by atoms with Crippen molar-refractivity contribution >= 4 is 23.0 Å². The summed E-state index contributed by atoms with van der Waals surface area (Å²) in [7, 11) is 0. The minimum atomic E-state index is -0.638. The number of rotatable bonds is 3. The number of anilines is 1. The lowest BCUT2D eigenvalue weighted by Crippen LogP contribution is -2.49. The molecular formula is C19H21F2N3S. The Balaban J connectivity index is 1.53. The van der Waals surface area contributed by atoms with Crippen molar-refractivity contribution in [2.45, 2.75) is 13.5 Å². The van der Waals surface area contributed by atoms with Crippen molar-refractivity contribution in [1.29, 1.82) is 0 Å². The van der Waals surface area contributed by atoms with E-state index >= 15 is 0 Å². The Morgan fingerprint density at radius 2 is 1.80 bits per heavy atom. The van der Waals surface area contributed by atoms with E-state index in [0.29, 0.717) is 5.11 Å². The number of aryl methyl sites for hydroxylation is 1. The highest BCUT2D eigenvalue weighted by Gasteiger charge is 2.20. The molecule has 3 nitrogen and oxygen atoms in total. The zero-order valence-electron chi connectivity index (χ0n) is 14.1. The molecule has 3 rings (SSSR count). The second-order valence-corrected chi connectivity index (χ2v) is 6.63. The van der Waals surface area contributed by atoms with Gasteiger partial charge in [0.1, 0.15) is 11.6 Å². The molecule has 0 unspecified atom stereocenters. The van der Waals surface area contributed by atoms with Crippen LogP contribution in [0.1, 0.15) is 11.1 Å². The van der Waals surface area contributed by atoms with Crippen LogP contribution in [0, 0.1) is 18.6 Å². The van der Waals surface area contributed by atoms with Gasteiger partial charge in [0.25, 0.3) is 0 Å².